The first-order valence-corrected chi connectivity index (χ1v) is 9.07. The maximum absolute atomic E-state index is 12.4. The first-order valence-electron chi connectivity index (χ1n) is 8.27. The maximum Gasteiger partial charge on any atom is 0.331 e. The minimum atomic E-state index is -0.524. The summed E-state index contributed by atoms with van der Waals surface area (Å²) in [5.41, 5.74) is 3.58. The molecule has 0 spiro atoms. The Bertz CT molecular complexity index is 847. The van der Waals surface area contributed by atoms with Crippen molar-refractivity contribution in [2.45, 2.75) is 32.7 Å². The molecular formula is C20H20BrNO3. The summed E-state index contributed by atoms with van der Waals surface area (Å²) in [4.78, 5) is 24.2. The van der Waals surface area contributed by atoms with E-state index < -0.39 is 5.97 Å². The molecule has 1 saturated carbocycles. The van der Waals surface area contributed by atoms with Crippen molar-refractivity contribution in [3.63, 3.8) is 0 Å². The normalized spacial score (nSPS) is 14.0. The Morgan fingerprint density at radius 1 is 1.28 bits per heavy atom. The number of nitrogens with zero attached hydrogens (tertiary/aromatic N) is 1. The lowest BCUT2D eigenvalue weighted by Gasteiger charge is -2.07. The van der Waals surface area contributed by atoms with Gasteiger partial charge >= 0.3 is 5.97 Å². The molecule has 2 aromatic rings. The van der Waals surface area contributed by atoms with Crippen LogP contribution in [0.3, 0.4) is 0 Å². The van der Waals surface area contributed by atoms with Gasteiger partial charge in [-0.25, -0.2) is 4.79 Å². The van der Waals surface area contributed by atoms with Gasteiger partial charge in [-0.05, 0) is 56.5 Å². The fourth-order valence-electron chi connectivity index (χ4n) is 2.99. The zero-order valence-corrected chi connectivity index (χ0v) is 15.9. The summed E-state index contributed by atoms with van der Waals surface area (Å²) in [6, 6.07) is 9.98. The van der Waals surface area contributed by atoms with Crippen LogP contribution in [0.15, 0.2) is 40.9 Å². The maximum atomic E-state index is 12.4. The second kappa shape index (κ2) is 7.40. The smallest absolute Gasteiger partial charge is 0.331 e. The van der Waals surface area contributed by atoms with Crippen molar-refractivity contribution >= 4 is 33.8 Å². The third kappa shape index (κ3) is 4.28. The van der Waals surface area contributed by atoms with Crippen molar-refractivity contribution in [3.8, 4) is 0 Å². The number of rotatable bonds is 6. The molecular weight excluding hydrogens is 382 g/mol. The number of halogens is 1. The number of carbonyl (C=O) groups is 2. The number of benzene rings is 1. The van der Waals surface area contributed by atoms with Gasteiger partial charge in [-0.2, -0.15) is 0 Å². The van der Waals surface area contributed by atoms with Crippen molar-refractivity contribution in [1.82, 2.24) is 4.57 Å². The number of hydrogen-bond acceptors (Lipinski definition) is 3. The molecule has 1 aromatic carbocycles. The highest BCUT2D eigenvalue weighted by Crippen LogP contribution is 2.38. The third-order valence-corrected chi connectivity index (χ3v) is 4.80. The number of hydrogen-bond donors (Lipinski definition) is 0. The van der Waals surface area contributed by atoms with Crippen molar-refractivity contribution in [2.24, 2.45) is 0 Å². The van der Waals surface area contributed by atoms with Crippen LogP contribution in [0.1, 0.15) is 46.2 Å². The standard InChI is InChI=1S/C20H20BrNO3/c1-13-10-18(14(2)22(13)17-7-8-17)19(23)12-25-20(24)9-6-15-4-3-5-16(21)11-15/h3-6,9-11,17H,7-8,12H2,1-2H3/b9-6+. The molecule has 4 nitrogen and oxygen atoms in total. The van der Waals surface area contributed by atoms with E-state index in [1.807, 2.05) is 44.2 Å². The Hall–Kier alpha value is -2.14. The Balaban J connectivity index is 1.59. The first kappa shape index (κ1) is 17.7. The molecule has 1 aliphatic rings. The number of ether oxygens (including phenoxy) is 1. The Morgan fingerprint density at radius 3 is 2.72 bits per heavy atom. The Morgan fingerprint density at radius 2 is 2.04 bits per heavy atom. The Kier molecular flexibility index (Phi) is 5.23. The van der Waals surface area contributed by atoms with E-state index in [9.17, 15) is 9.59 Å². The van der Waals surface area contributed by atoms with E-state index in [0.717, 1.165) is 21.4 Å². The van der Waals surface area contributed by atoms with E-state index in [1.54, 1.807) is 6.08 Å². The van der Waals surface area contributed by atoms with E-state index in [4.69, 9.17) is 4.74 Å². The number of aryl methyl sites for hydroxylation is 1. The van der Waals surface area contributed by atoms with Crippen LogP contribution in [0, 0.1) is 13.8 Å². The van der Waals surface area contributed by atoms with E-state index in [1.165, 1.54) is 18.9 Å². The highest BCUT2D eigenvalue weighted by atomic mass is 79.9. The molecule has 1 aliphatic carbocycles. The van der Waals surface area contributed by atoms with Gasteiger partial charge in [0.1, 0.15) is 0 Å². The molecule has 0 saturated heterocycles. The van der Waals surface area contributed by atoms with Crippen molar-refractivity contribution < 1.29 is 14.3 Å². The van der Waals surface area contributed by atoms with Crippen LogP contribution < -0.4 is 0 Å². The lowest BCUT2D eigenvalue weighted by Crippen LogP contribution is -2.13. The molecule has 1 aromatic heterocycles. The predicted molar refractivity (Wildman–Crippen MR) is 101 cm³/mol. The van der Waals surface area contributed by atoms with Gasteiger partial charge in [0.2, 0.25) is 5.78 Å². The largest absolute Gasteiger partial charge is 0.454 e. The summed E-state index contributed by atoms with van der Waals surface area (Å²) in [6.07, 6.45) is 5.33. The topological polar surface area (TPSA) is 48.3 Å². The quantitative estimate of drug-likeness (QED) is 0.402. The summed E-state index contributed by atoms with van der Waals surface area (Å²) in [7, 11) is 0. The monoisotopic (exact) mass is 401 g/mol. The SMILES string of the molecule is Cc1cc(C(=O)COC(=O)/C=C/c2cccc(Br)c2)c(C)n1C1CC1. The summed E-state index contributed by atoms with van der Waals surface area (Å²) < 4.78 is 8.24. The van der Waals surface area contributed by atoms with Gasteiger partial charge in [0.25, 0.3) is 0 Å². The highest BCUT2D eigenvalue weighted by molar-refractivity contribution is 9.10. The van der Waals surface area contributed by atoms with Crippen LogP contribution in [0.4, 0.5) is 0 Å². The first-order chi connectivity index (χ1) is 12.0. The average molecular weight is 402 g/mol. The zero-order valence-electron chi connectivity index (χ0n) is 14.3. The van der Waals surface area contributed by atoms with Gasteiger partial charge < -0.3 is 9.30 Å². The molecule has 0 N–H and O–H groups in total. The minimum absolute atomic E-state index is 0.163. The lowest BCUT2D eigenvalue weighted by atomic mass is 10.1. The third-order valence-electron chi connectivity index (χ3n) is 4.30. The number of aromatic nitrogens is 1. The lowest BCUT2D eigenvalue weighted by molar-refractivity contribution is -0.136. The molecule has 0 radical (unpaired) electrons. The molecule has 0 amide bonds. The molecule has 5 heteroatoms. The van der Waals surface area contributed by atoms with Crippen LogP contribution >= 0.6 is 15.9 Å². The zero-order chi connectivity index (χ0) is 18.0. The Labute approximate surface area is 155 Å². The predicted octanol–water partition coefficient (Wildman–Crippen LogP) is 4.64. The minimum Gasteiger partial charge on any atom is -0.454 e. The molecule has 1 heterocycles. The molecule has 0 atom stereocenters. The van der Waals surface area contributed by atoms with Crippen molar-refractivity contribution in [1.29, 1.82) is 0 Å². The van der Waals surface area contributed by atoms with Gasteiger partial charge in [-0.3, -0.25) is 4.79 Å². The molecule has 0 bridgehead atoms. The molecule has 0 aliphatic heterocycles. The van der Waals surface area contributed by atoms with Crippen molar-refractivity contribution in [2.75, 3.05) is 6.61 Å². The van der Waals surface area contributed by atoms with Crippen molar-refractivity contribution in [3.05, 3.63) is 63.4 Å². The van der Waals surface area contributed by atoms with Crippen LogP contribution in [0.25, 0.3) is 6.08 Å². The van der Waals surface area contributed by atoms with E-state index in [2.05, 4.69) is 20.5 Å². The molecule has 3 rings (SSSR count). The van der Waals surface area contributed by atoms with Crippen LogP contribution in [-0.2, 0) is 9.53 Å². The molecule has 0 unspecified atom stereocenters. The van der Waals surface area contributed by atoms with Gasteiger partial charge in [0.05, 0.1) is 0 Å². The average Bonchev–Trinajstić information content (AvgIpc) is 3.36. The highest BCUT2D eigenvalue weighted by Gasteiger charge is 2.28. The van der Waals surface area contributed by atoms with E-state index in [-0.39, 0.29) is 12.4 Å². The van der Waals surface area contributed by atoms with Crippen LogP contribution in [-0.4, -0.2) is 22.9 Å². The molecule has 25 heavy (non-hydrogen) atoms. The van der Waals surface area contributed by atoms with E-state index in [0.29, 0.717) is 11.6 Å². The van der Waals surface area contributed by atoms with Gasteiger partial charge in [0.15, 0.2) is 6.61 Å². The summed E-state index contributed by atoms with van der Waals surface area (Å²) in [5, 5.41) is 0. The summed E-state index contributed by atoms with van der Waals surface area (Å²) in [6.45, 7) is 3.72. The molecule has 130 valence electrons. The number of ketones is 1. The summed E-state index contributed by atoms with van der Waals surface area (Å²) in [5.74, 6) is -0.687. The van der Waals surface area contributed by atoms with Gasteiger partial charge in [0, 0.05) is 33.5 Å². The van der Waals surface area contributed by atoms with Crippen LogP contribution in [0.5, 0.6) is 0 Å². The number of esters is 1. The van der Waals surface area contributed by atoms with E-state index >= 15 is 0 Å². The summed E-state index contributed by atoms with van der Waals surface area (Å²) >= 11 is 3.38. The van der Waals surface area contributed by atoms with Gasteiger partial charge in [-0.1, -0.05) is 28.1 Å². The second-order valence-corrected chi connectivity index (χ2v) is 7.22. The fourth-order valence-corrected chi connectivity index (χ4v) is 3.41. The number of carbonyl (C=O) groups excluding carboxylic acids is 2. The second-order valence-electron chi connectivity index (χ2n) is 6.31. The van der Waals surface area contributed by atoms with Crippen LogP contribution in [0.2, 0.25) is 0 Å². The van der Waals surface area contributed by atoms with Gasteiger partial charge in [-0.15, -0.1) is 0 Å². The molecule has 1 fully saturated rings. The fraction of sp³-hybridized carbons (Fsp3) is 0.300. The number of Topliss-reactive ketones (excluding diaryl/α,β-unsaturated/α-hetero) is 1.